The van der Waals surface area contributed by atoms with Crippen molar-refractivity contribution in [3.63, 3.8) is 0 Å². The molecule has 0 unspecified atom stereocenters. The Kier molecular flexibility index (Phi) is 4.19. The van der Waals surface area contributed by atoms with E-state index in [1.807, 2.05) is 19.2 Å². The maximum Gasteiger partial charge on any atom is 0.191 e. The third kappa shape index (κ3) is 3.15. The molecule has 1 saturated heterocycles. The summed E-state index contributed by atoms with van der Waals surface area (Å²) in [5, 5.41) is 18.9. The van der Waals surface area contributed by atoms with Gasteiger partial charge in [-0.25, -0.2) is 8.42 Å². The van der Waals surface area contributed by atoms with Gasteiger partial charge >= 0.3 is 0 Å². The summed E-state index contributed by atoms with van der Waals surface area (Å²) in [7, 11) is -1.36. The van der Waals surface area contributed by atoms with Gasteiger partial charge in [-0.2, -0.15) is 0 Å². The lowest BCUT2D eigenvalue weighted by atomic mass is 10.2. The van der Waals surface area contributed by atoms with Crippen LogP contribution in [0.2, 0.25) is 5.02 Å². The molecule has 0 aliphatic carbocycles. The number of sulfone groups is 1. The molecule has 0 amide bonds. The highest BCUT2D eigenvalue weighted by molar-refractivity contribution is 8.01. The fraction of sp³-hybridized carbons (Fsp3) is 0.385. The molecule has 1 aromatic heterocycles. The molecular formula is C13H14ClN3O3S2. The lowest BCUT2D eigenvalue weighted by Gasteiger charge is -2.11. The first kappa shape index (κ1) is 15.8. The fourth-order valence-electron chi connectivity index (χ4n) is 2.31. The number of thioether (sulfide) groups is 1. The predicted molar refractivity (Wildman–Crippen MR) is 85.8 cm³/mol. The second kappa shape index (κ2) is 5.84. The Bertz CT molecular complexity index is 789. The van der Waals surface area contributed by atoms with Crippen molar-refractivity contribution in [3.8, 4) is 11.4 Å². The number of benzene rings is 1. The molecule has 2 aromatic rings. The summed E-state index contributed by atoms with van der Waals surface area (Å²) in [6.07, 6.45) is -0.870. The van der Waals surface area contributed by atoms with Crippen molar-refractivity contribution in [1.82, 2.24) is 14.8 Å². The van der Waals surface area contributed by atoms with E-state index in [9.17, 15) is 13.5 Å². The van der Waals surface area contributed by atoms with Gasteiger partial charge < -0.3 is 9.67 Å². The summed E-state index contributed by atoms with van der Waals surface area (Å²) >= 11 is 7.11. The van der Waals surface area contributed by atoms with Gasteiger partial charge in [-0.1, -0.05) is 23.4 Å². The first-order valence-electron chi connectivity index (χ1n) is 6.56. The van der Waals surface area contributed by atoms with Crippen LogP contribution in [0.1, 0.15) is 0 Å². The van der Waals surface area contributed by atoms with Crippen molar-refractivity contribution in [2.45, 2.75) is 16.5 Å². The van der Waals surface area contributed by atoms with Gasteiger partial charge in [0.05, 0.1) is 22.9 Å². The molecule has 22 heavy (non-hydrogen) atoms. The number of nitrogens with zero attached hydrogens (tertiary/aromatic N) is 3. The van der Waals surface area contributed by atoms with Gasteiger partial charge in [0, 0.05) is 17.6 Å². The molecule has 1 aliphatic rings. The summed E-state index contributed by atoms with van der Waals surface area (Å²) < 4.78 is 24.9. The Balaban J connectivity index is 1.84. The molecule has 2 heterocycles. The number of aromatic nitrogens is 3. The van der Waals surface area contributed by atoms with Gasteiger partial charge in [-0.05, 0) is 24.3 Å². The zero-order chi connectivity index (χ0) is 15.9. The largest absolute Gasteiger partial charge is 0.391 e. The molecule has 0 radical (unpaired) electrons. The molecule has 1 N–H and O–H groups in total. The monoisotopic (exact) mass is 359 g/mol. The zero-order valence-electron chi connectivity index (χ0n) is 11.7. The number of hydrogen-bond acceptors (Lipinski definition) is 6. The number of hydrogen-bond donors (Lipinski definition) is 1. The van der Waals surface area contributed by atoms with Gasteiger partial charge in [0.1, 0.15) is 0 Å². The molecule has 0 spiro atoms. The number of halogens is 1. The molecule has 6 nitrogen and oxygen atoms in total. The Labute approximate surface area is 137 Å². The van der Waals surface area contributed by atoms with Crippen LogP contribution >= 0.6 is 23.4 Å². The van der Waals surface area contributed by atoms with Crippen molar-refractivity contribution in [2.24, 2.45) is 7.05 Å². The van der Waals surface area contributed by atoms with Gasteiger partial charge in [0.2, 0.25) is 0 Å². The minimum absolute atomic E-state index is 0.0397. The van der Waals surface area contributed by atoms with Gasteiger partial charge in [-0.15, -0.1) is 10.2 Å². The van der Waals surface area contributed by atoms with Gasteiger partial charge in [0.25, 0.3) is 0 Å². The fourth-order valence-corrected chi connectivity index (χ4v) is 5.92. The lowest BCUT2D eigenvalue weighted by molar-refractivity contribution is 0.207. The van der Waals surface area contributed by atoms with Crippen molar-refractivity contribution >= 4 is 33.2 Å². The first-order valence-corrected chi connectivity index (χ1v) is 9.64. The third-order valence-corrected chi connectivity index (χ3v) is 7.00. The average Bonchev–Trinajstić information content (AvgIpc) is 2.92. The molecule has 0 bridgehead atoms. The van der Waals surface area contributed by atoms with Gasteiger partial charge in [-0.3, -0.25) is 0 Å². The summed E-state index contributed by atoms with van der Waals surface area (Å²) in [4.78, 5) is 0. The van der Waals surface area contributed by atoms with Crippen LogP contribution in [0, 0.1) is 0 Å². The maximum absolute atomic E-state index is 11.6. The number of rotatable bonds is 3. The van der Waals surface area contributed by atoms with Crippen LogP contribution in [0.15, 0.2) is 29.4 Å². The first-order chi connectivity index (χ1) is 10.4. The van der Waals surface area contributed by atoms with Gasteiger partial charge in [0.15, 0.2) is 20.8 Å². The maximum atomic E-state index is 11.6. The molecule has 118 valence electrons. The summed E-state index contributed by atoms with van der Waals surface area (Å²) in [6.45, 7) is 0. The third-order valence-electron chi connectivity index (χ3n) is 3.47. The summed E-state index contributed by atoms with van der Waals surface area (Å²) in [5.74, 6) is 0.434. The summed E-state index contributed by atoms with van der Waals surface area (Å²) in [5.41, 5.74) is 0.867. The van der Waals surface area contributed by atoms with E-state index < -0.39 is 21.2 Å². The van der Waals surface area contributed by atoms with E-state index in [0.29, 0.717) is 16.0 Å². The van der Waals surface area contributed by atoms with Crippen LogP contribution in [-0.4, -0.2) is 51.1 Å². The lowest BCUT2D eigenvalue weighted by Crippen LogP contribution is -2.20. The Hall–Kier alpha value is -1.09. The van der Waals surface area contributed by atoms with Crippen molar-refractivity contribution < 1.29 is 13.5 Å². The van der Waals surface area contributed by atoms with E-state index in [-0.39, 0.29) is 11.5 Å². The van der Waals surface area contributed by atoms with Crippen LogP contribution in [0.3, 0.4) is 0 Å². The Morgan fingerprint density at radius 3 is 2.55 bits per heavy atom. The normalized spacial score (nSPS) is 23.8. The van der Waals surface area contributed by atoms with E-state index in [1.165, 1.54) is 11.8 Å². The minimum Gasteiger partial charge on any atom is -0.391 e. The molecule has 2 atom stereocenters. The van der Waals surface area contributed by atoms with E-state index in [0.717, 1.165) is 5.56 Å². The van der Waals surface area contributed by atoms with E-state index >= 15 is 0 Å². The molecule has 1 aliphatic heterocycles. The molecule has 3 rings (SSSR count). The van der Waals surface area contributed by atoms with Crippen molar-refractivity contribution in [2.75, 3.05) is 11.5 Å². The van der Waals surface area contributed by atoms with E-state index in [4.69, 9.17) is 11.6 Å². The SMILES string of the molecule is Cn1c(S[C@H]2CS(=O)(=O)C[C@@H]2O)nnc1-c1ccc(Cl)cc1. The molecular weight excluding hydrogens is 346 g/mol. The van der Waals surface area contributed by atoms with Crippen LogP contribution in [0.25, 0.3) is 11.4 Å². The second-order valence-electron chi connectivity index (χ2n) is 5.17. The quantitative estimate of drug-likeness (QED) is 0.891. The highest BCUT2D eigenvalue weighted by Gasteiger charge is 2.38. The van der Waals surface area contributed by atoms with Crippen LogP contribution < -0.4 is 0 Å². The molecule has 9 heteroatoms. The van der Waals surface area contributed by atoms with E-state index in [1.54, 1.807) is 16.7 Å². The zero-order valence-corrected chi connectivity index (χ0v) is 14.1. The van der Waals surface area contributed by atoms with Crippen molar-refractivity contribution in [1.29, 1.82) is 0 Å². The second-order valence-corrected chi connectivity index (χ2v) is 8.97. The Morgan fingerprint density at radius 2 is 1.95 bits per heavy atom. The summed E-state index contributed by atoms with van der Waals surface area (Å²) in [6, 6.07) is 7.22. The smallest absolute Gasteiger partial charge is 0.191 e. The predicted octanol–water partition coefficient (Wildman–Crippen LogP) is 1.39. The minimum atomic E-state index is -3.17. The van der Waals surface area contributed by atoms with E-state index in [2.05, 4.69) is 10.2 Å². The standard InChI is InChI=1S/C13H14ClN3O3S2/c1-17-12(8-2-4-9(14)5-3-8)15-16-13(17)21-11-7-22(19,20)6-10(11)18/h2-5,10-11,18H,6-7H2,1H3/t10-,11-/m0/s1. The average molecular weight is 360 g/mol. The molecule has 0 saturated carbocycles. The molecule has 1 aromatic carbocycles. The Morgan fingerprint density at radius 1 is 1.27 bits per heavy atom. The highest BCUT2D eigenvalue weighted by atomic mass is 35.5. The van der Waals surface area contributed by atoms with Crippen LogP contribution in [-0.2, 0) is 16.9 Å². The van der Waals surface area contributed by atoms with Crippen LogP contribution in [0.5, 0.6) is 0 Å². The van der Waals surface area contributed by atoms with Crippen LogP contribution in [0.4, 0.5) is 0 Å². The highest BCUT2D eigenvalue weighted by Crippen LogP contribution is 2.31. The molecule has 1 fully saturated rings. The van der Waals surface area contributed by atoms with Crippen molar-refractivity contribution in [3.05, 3.63) is 29.3 Å². The topological polar surface area (TPSA) is 85.1 Å². The number of aliphatic hydroxyl groups excluding tert-OH is 1. The number of aliphatic hydroxyl groups is 1.